The molecular formula is C25H22ClN3O3S. The Morgan fingerprint density at radius 3 is 2.39 bits per heavy atom. The van der Waals surface area contributed by atoms with Crippen LogP contribution in [0.1, 0.15) is 21.5 Å². The summed E-state index contributed by atoms with van der Waals surface area (Å²) in [6.07, 6.45) is 2.77. The van der Waals surface area contributed by atoms with Crippen molar-refractivity contribution < 1.29 is 13.2 Å². The molecule has 0 saturated carbocycles. The molecule has 2 N–H and O–H groups in total. The topological polar surface area (TPSA) is 91.9 Å². The molecule has 4 rings (SSSR count). The van der Waals surface area contributed by atoms with Crippen molar-refractivity contribution in [2.45, 2.75) is 18.7 Å². The van der Waals surface area contributed by atoms with E-state index in [1.807, 2.05) is 32.0 Å². The zero-order chi connectivity index (χ0) is 23.8. The van der Waals surface area contributed by atoms with Gasteiger partial charge >= 0.3 is 0 Å². The van der Waals surface area contributed by atoms with Crippen molar-refractivity contribution in [3.8, 4) is 22.4 Å². The van der Waals surface area contributed by atoms with Gasteiger partial charge in [-0.05, 0) is 78.6 Å². The molecule has 0 spiro atoms. The van der Waals surface area contributed by atoms with Crippen molar-refractivity contribution in [2.75, 3.05) is 11.6 Å². The first-order chi connectivity index (χ1) is 15.6. The maximum atomic E-state index is 13.3. The monoisotopic (exact) mass is 479 g/mol. The number of anilines is 1. The lowest BCUT2D eigenvalue weighted by Gasteiger charge is -2.14. The van der Waals surface area contributed by atoms with Gasteiger partial charge in [-0.1, -0.05) is 29.8 Å². The van der Waals surface area contributed by atoms with Gasteiger partial charge in [0.2, 0.25) is 0 Å². The molecule has 4 aromatic rings. The van der Waals surface area contributed by atoms with Crippen molar-refractivity contribution in [2.24, 2.45) is 0 Å². The molecule has 0 bridgehead atoms. The van der Waals surface area contributed by atoms with Gasteiger partial charge in [-0.2, -0.15) is 5.10 Å². The fourth-order valence-corrected chi connectivity index (χ4v) is 4.38. The van der Waals surface area contributed by atoms with Crippen LogP contribution in [0.25, 0.3) is 22.4 Å². The van der Waals surface area contributed by atoms with Gasteiger partial charge in [0.05, 0.1) is 15.6 Å². The number of aromatic amines is 1. The zero-order valence-electron chi connectivity index (χ0n) is 18.3. The van der Waals surface area contributed by atoms with E-state index in [1.165, 1.54) is 6.07 Å². The van der Waals surface area contributed by atoms with Gasteiger partial charge in [-0.15, -0.1) is 0 Å². The van der Waals surface area contributed by atoms with E-state index in [0.717, 1.165) is 28.6 Å². The lowest BCUT2D eigenvalue weighted by molar-refractivity contribution is 0.102. The number of aryl methyl sites for hydroxylation is 2. The summed E-state index contributed by atoms with van der Waals surface area (Å²) in [6.45, 7) is 3.97. The zero-order valence-corrected chi connectivity index (χ0v) is 19.9. The standard InChI is InChI=1S/C25H22ClN3O3S/c1-15-4-5-17(12-16(15)2)21-14-19(33(3,31)32)7-8-20(21)25(30)28-18-6-9-23(26)22(13-18)24-10-11-27-29-24/h4-14H,1-3H3,(H,27,29)(H,28,30). The summed E-state index contributed by atoms with van der Waals surface area (Å²) in [6, 6.07) is 17.3. The molecule has 168 valence electrons. The van der Waals surface area contributed by atoms with Gasteiger partial charge in [0, 0.05) is 29.3 Å². The van der Waals surface area contributed by atoms with Crippen molar-refractivity contribution in [1.82, 2.24) is 10.2 Å². The highest BCUT2D eigenvalue weighted by atomic mass is 35.5. The summed E-state index contributed by atoms with van der Waals surface area (Å²) < 4.78 is 24.3. The number of nitrogens with one attached hydrogen (secondary N) is 2. The Balaban J connectivity index is 1.76. The lowest BCUT2D eigenvalue weighted by Crippen LogP contribution is -2.14. The Morgan fingerprint density at radius 1 is 0.939 bits per heavy atom. The fourth-order valence-electron chi connectivity index (χ4n) is 3.51. The van der Waals surface area contributed by atoms with Gasteiger partial charge in [-0.25, -0.2) is 8.42 Å². The van der Waals surface area contributed by atoms with Crippen molar-refractivity contribution in [3.05, 3.63) is 88.6 Å². The molecule has 0 aliphatic carbocycles. The van der Waals surface area contributed by atoms with Crippen LogP contribution in [0, 0.1) is 13.8 Å². The van der Waals surface area contributed by atoms with Crippen molar-refractivity contribution in [1.29, 1.82) is 0 Å². The quantitative estimate of drug-likeness (QED) is 0.385. The number of nitrogens with zero attached hydrogens (tertiary/aromatic N) is 1. The van der Waals surface area contributed by atoms with E-state index in [-0.39, 0.29) is 10.8 Å². The number of H-pyrrole nitrogens is 1. The number of hydrogen-bond acceptors (Lipinski definition) is 4. The van der Waals surface area contributed by atoms with Gasteiger partial charge < -0.3 is 5.32 Å². The molecule has 1 amide bonds. The third-order valence-electron chi connectivity index (χ3n) is 5.50. The molecule has 33 heavy (non-hydrogen) atoms. The number of carbonyl (C=O) groups is 1. The van der Waals surface area contributed by atoms with Crippen LogP contribution in [0.4, 0.5) is 5.69 Å². The second-order valence-electron chi connectivity index (χ2n) is 7.90. The molecule has 0 atom stereocenters. The Labute approximate surface area is 197 Å². The second-order valence-corrected chi connectivity index (χ2v) is 10.3. The molecule has 0 saturated heterocycles. The highest BCUT2D eigenvalue weighted by molar-refractivity contribution is 7.90. The van der Waals surface area contributed by atoms with E-state index in [9.17, 15) is 13.2 Å². The summed E-state index contributed by atoms with van der Waals surface area (Å²) >= 11 is 6.32. The smallest absolute Gasteiger partial charge is 0.256 e. The van der Waals surface area contributed by atoms with Crippen molar-refractivity contribution in [3.63, 3.8) is 0 Å². The predicted octanol–water partition coefficient (Wildman–Crippen LogP) is 5.67. The minimum Gasteiger partial charge on any atom is -0.322 e. The van der Waals surface area contributed by atoms with Crippen LogP contribution in [0.2, 0.25) is 5.02 Å². The Bertz CT molecular complexity index is 1460. The van der Waals surface area contributed by atoms with Gasteiger partial charge in [0.25, 0.3) is 5.91 Å². The predicted molar refractivity (Wildman–Crippen MR) is 131 cm³/mol. The number of hydrogen-bond donors (Lipinski definition) is 2. The first-order valence-electron chi connectivity index (χ1n) is 10.2. The maximum absolute atomic E-state index is 13.3. The third-order valence-corrected chi connectivity index (χ3v) is 6.94. The molecule has 0 aliphatic rings. The number of aromatic nitrogens is 2. The van der Waals surface area contributed by atoms with E-state index >= 15 is 0 Å². The minimum atomic E-state index is -3.44. The van der Waals surface area contributed by atoms with E-state index in [4.69, 9.17) is 11.6 Å². The first-order valence-corrected chi connectivity index (χ1v) is 12.4. The summed E-state index contributed by atoms with van der Waals surface area (Å²) in [5.74, 6) is -0.360. The Morgan fingerprint density at radius 2 is 1.73 bits per heavy atom. The summed E-state index contributed by atoms with van der Waals surface area (Å²) in [5, 5.41) is 10.2. The number of carbonyl (C=O) groups excluding carboxylic acids is 1. The van der Waals surface area contributed by atoms with Crippen LogP contribution in [0.15, 0.2) is 71.8 Å². The van der Waals surface area contributed by atoms with Gasteiger partial charge in [0.15, 0.2) is 9.84 Å². The molecule has 8 heteroatoms. The third kappa shape index (κ3) is 4.84. The van der Waals surface area contributed by atoms with Crippen LogP contribution in [0.3, 0.4) is 0 Å². The lowest BCUT2D eigenvalue weighted by atomic mass is 9.96. The summed E-state index contributed by atoms with van der Waals surface area (Å²) in [4.78, 5) is 13.4. The number of sulfone groups is 1. The van der Waals surface area contributed by atoms with Gasteiger partial charge in [-0.3, -0.25) is 9.89 Å². The maximum Gasteiger partial charge on any atom is 0.256 e. The fraction of sp³-hybridized carbons (Fsp3) is 0.120. The molecule has 0 aliphatic heterocycles. The molecule has 0 fully saturated rings. The molecule has 6 nitrogen and oxygen atoms in total. The van der Waals surface area contributed by atoms with E-state index < -0.39 is 9.84 Å². The summed E-state index contributed by atoms with van der Waals surface area (Å²) in [5.41, 5.74) is 5.81. The SMILES string of the molecule is Cc1ccc(-c2cc(S(C)(=O)=O)ccc2C(=O)Nc2ccc(Cl)c(-c3ccn[nH]3)c2)cc1C. The minimum absolute atomic E-state index is 0.153. The van der Waals surface area contributed by atoms with Crippen LogP contribution in [-0.2, 0) is 9.84 Å². The Hall–Kier alpha value is -3.42. The normalized spacial score (nSPS) is 11.4. The highest BCUT2D eigenvalue weighted by Crippen LogP contribution is 2.31. The number of rotatable bonds is 5. The molecule has 1 aromatic heterocycles. The van der Waals surface area contributed by atoms with Crippen molar-refractivity contribution >= 4 is 33.0 Å². The molecule has 1 heterocycles. The first kappa shape index (κ1) is 22.8. The Kier molecular flexibility index (Phi) is 6.10. The van der Waals surface area contributed by atoms with Crippen LogP contribution >= 0.6 is 11.6 Å². The largest absolute Gasteiger partial charge is 0.322 e. The van der Waals surface area contributed by atoms with Crippen LogP contribution in [0.5, 0.6) is 0 Å². The number of benzene rings is 3. The summed E-state index contributed by atoms with van der Waals surface area (Å²) in [7, 11) is -3.44. The van der Waals surface area contributed by atoms with E-state index in [0.29, 0.717) is 27.4 Å². The average Bonchev–Trinajstić information content (AvgIpc) is 3.30. The molecular weight excluding hydrogens is 458 g/mol. The number of halogens is 1. The van der Waals surface area contributed by atoms with Crippen LogP contribution in [-0.4, -0.2) is 30.8 Å². The van der Waals surface area contributed by atoms with E-state index in [1.54, 1.807) is 42.6 Å². The van der Waals surface area contributed by atoms with E-state index in [2.05, 4.69) is 15.5 Å². The van der Waals surface area contributed by atoms with Crippen LogP contribution < -0.4 is 5.32 Å². The molecule has 0 unspecified atom stereocenters. The molecule has 0 radical (unpaired) electrons. The molecule has 3 aromatic carbocycles. The highest BCUT2D eigenvalue weighted by Gasteiger charge is 2.18. The van der Waals surface area contributed by atoms with Gasteiger partial charge in [0.1, 0.15) is 0 Å². The number of amides is 1. The average molecular weight is 480 g/mol. The second kappa shape index (κ2) is 8.84.